The molecule has 0 radical (unpaired) electrons. The first-order valence-corrected chi connectivity index (χ1v) is 9.17. The van der Waals surface area contributed by atoms with Crippen LogP contribution in [0, 0.1) is 0 Å². The molecule has 0 spiro atoms. The Hall–Kier alpha value is -3.49. The van der Waals surface area contributed by atoms with Gasteiger partial charge in [0, 0.05) is 24.1 Å². The summed E-state index contributed by atoms with van der Waals surface area (Å²) in [6, 6.07) is 3.51. The number of anilines is 3. The Morgan fingerprint density at radius 1 is 1.14 bits per heavy atom. The lowest BCUT2D eigenvalue weighted by molar-refractivity contribution is -0.125. The van der Waals surface area contributed by atoms with Crippen LogP contribution >= 0.6 is 0 Å². The fraction of sp³-hybridized carbons (Fsp3) is 0.350. The number of nitrogens with one attached hydrogen (secondary N) is 2. The van der Waals surface area contributed by atoms with Crippen molar-refractivity contribution in [2.75, 3.05) is 10.6 Å². The number of amides is 1. The van der Waals surface area contributed by atoms with Gasteiger partial charge in [0.2, 0.25) is 5.91 Å². The molecule has 0 atom stereocenters. The van der Waals surface area contributed by atoms with Crippen LogP contribution in [0.2, 0.25) is 0 Å². The Kier molecular flexibility index (Phi) is 5.00. The molecule has 9 heteroatoms. The van der Waals surface area contributed by atoms with Gasteiger partial charge in [0.1, 0.15) is 23.0 Å². The highest BCUT2D eigenvalue weighted by Crippen LogP contribution is 2.27. The first-order valence-electron chi connectivity index (χ1n) is 9.17. The highest BCUT2D eigenvalue weighted by molar-refractivity contribution is 5.94. The lowest BCUT2D eigenvalue weighted by atomic mass is 10.0. The van der Waals surface area contributed by atoms with Crippen molar-refractivity contribution in [3.8, 4) is 0 Å². The van der Waals surface area contributed by atoms with Crippen LogP contribution in [0.25, 0.3) is 10.8 Å². The van der Waals surface area contributed by atoms with Crippen LogP contribution in [0.4, 0.5) is 17.5 Å². The van der Waals surface area contributed by atoms with Gasteiger partial charge in [-0.2, -0.15) is 0 Å². The van der Waals surface area contributed by atoms with E-state index in [9.17, 15) is 9.59 Å². The van der Waals surface area contributed by atoms with Gasteiger partial charge in [-0.15, -0.1) is 0 Å². The molecule has 152 valence electrons. The summed E-state index contributed by atoms with van der Waals surface area (Å²) < 4.78 is 1.34. The van der Waals surface area contributed by atoms with Crippen molar-refractivity contribution < 1.29 is 4.79 Å². The minimum absolute atomic E-state index is 0.350. The second-order valence-corrected chi connectivity index (χ2v) is 8.33. The molecule has 4 N–H and O–H groups in total. The summed E-state index contributed by atoms with van der Waals surface area (Å²) >= 11 is 0. The third-order valence-corrected chi connectivity index (χ3v) is 4.40. The van der Waals surface area contributed by atoms with Crippen molar-refractivity contribution in [3.63, 3.8) is 0 Å². The molecule has 3 heterocycles. The number of carbonyl (C=O) groups excluding carboxylic acids is 1. The summed E-state index contributed by atoms with van der Waals surface area (Å²) in [5.41, 5.74) is 3.63. The predicted octanol–water partition coefficient (Wildman–Crippen LogP) is 2.36. The maximum Gasteiger partial charge on any atom is 0.263 e. The van der Waals surface area contributed by atoms with E-state index in [0.717, 1.165) is 0 Å². The second-order valence-electron chi connectivity index (χ2n) is 8.33. The number of pyridine rings is 2. The largest absolute Gasteiger partial charge is 0.368 e. The first-order chi connectivity index (χ1) is 13.5. The number of primary amides is 1. The lowest BCUT2D eigenvalue weighted by Crippen LogP contribution is -2.46. The van der Waals surface area contributed by atoms with Crippen LogP contribution in [0.15, 0.2) is 41.7 Å². The topological polar surface area (TPSA) is 128 Å². The lowest BCUT2D eigenvalue weighted by Gasteiger charge is -2.26. The minimum Gasteiger partial charge on any atom is -0.368 e. The molecule has 0 aliphatic rings. The zero-order chi connectivity index (χ0) is 21.4. The fourth-order valence-corrected chi connectivity index (χ4v) is 2.83. The minimum atomic E-state index is -1.18. The highest BCUT2D eigenvalue weighted by Gasteiger charge is 2.29. The smallest absolute Gasteiger partial charge is 0.263 e. The summed E-state index contributed by atoms with van der Waals surface area (Å²) in [5, 5.41) is 7.42. The molecule has 9 nitrogen and oxygen atoms in total. The molecule has 0 bridgehead atoms. The van der Waals surface area contributed by atoms with Crippen LogP contribution in [0.3, 0.4) is 0 Å². The average Bonchev–Trinajstić information content (AvgIpc) is 2.60. The number of carbonyl (C=O) groups is 1. The molecule has 0 aromatic carbocycles. The fourth-order valence-electron chi connectivity index (χ4n) is 2.83. The van der Waals surface area contributed by atoms with Gasteiger partial charge in [0.25, 0.3) is 5.56 Å². The van der Waals surface area contributed by atoms with E-state index in [1.165, 1.54) is 4.57 Å². The standard InChI is InChI=1S/C20H25N7O2/c1-19(2,3)26-16-15-12(6-9-27(17(15)28)20(4,5)18(21)29)10-13(25-16)24-14-11-22-7-8-23-14/h6-11H,1-5H3,(H2,21,29)(H2,23,24,25,26). The molecule has 0 fully saturated rings. The monoisotopic (exact) mass is 395 g/mol. The van der Waals surface area contributed by atoms with E-state index in [1.807, 2.05) is 20.8 Å². The van der Waals surface area contributed by atoms with Gasteiger partial charge in [-0.05, 0) is 52.1 Å². The number of nitrogens with two attached hydrogens (primary N) is 1. The van der Waals surface area contributed by atoms with Crippen LogP contribution in [-0.4, -0.2) is 31.0 Å². The predicted molar refractivity (Wildman–Crippen MR) is 113 cm³/mol. The Bertz CT molecular complexity index is 1120. The van der Waals surface area contributed by atoms with Crippen molar-refractivity contribution in [1.29, 1.82) is 0 Å². The Labute approximate surface area is 168 Å². The molecule has 0 saturated heterocycles. The van der Waals surface area contributed by atoms with Crippen molar-refractivity contribution in [2.24, 2.45) is 5.73 Å². The van der Waals surface area contributed by atoms with Gasteiger partial charge in [-0.25, -0.2) is 9.97 Å². The average molecular weight is 395 g/mol. The summed E-state index contributed by atoms with van der Waals surface area (Å²) in [6.07, 6.45) is 6.30. The molecule has 0 unspecified atom stereocenters. The van der Waals surface area contributed by atoms with E-state index in [0.29, 0.717) is 28.2 Å². The maximum atomic E-state index is 13.3. The van der Waals surface area contributed by atoms with E-state index in [1.54, 1.807) is 50.8 Å². The van der Waals surface area contributed by atoms with E-state index in [4.69, 9.17) is 5.73 Å². The van der Waals surface area contributed by atoms with Crippen molar-refractivity contribution in [2.45, 2.75) is 45.7 Å². The summed E-state index contributed by atoms with van der Waals surface area (Å²) in [7, 11) is 0. The number of hydrogen-bond donors (Lipinski definition) is 3. The molecule has 29 heavy (non-hydrogen) atoms. The summed E-state index contributed by atoms with van der Waals surface area (Å²) in [5.74, 6) is 0.847. The zero-order valence-electron chi connectivity index (χ0n) is 17.1. The molecule has 3 aromatic rings. The molecule has 0 aliphatic heterocycles. The highest BCUT2D eigenvalue weighted by atomic mass is 16.2. The van der Waals surface area contributed by atoms with E-state index >= 15 is 0 Å². The van der Waals surface area contributed by atoms with E-state index in [-0.39, 0.29) is 11.1 Å². The normalized spacial score (nSPS) is 12.0. The quantitative estimate of drug-likeness (QED) is 0.605. The van der Waals surface area contributed by atoms with E-state index < -0.39 is 11.4 Å². The van der Waals surface area contributed by atoms with Gasteiger partial charge < -0.3 is 20.9 Å². The van der Waals surface area contributed by atoms with Gasteiger partial charge >= 0.3 is 0 Å². The summed E-state index contributed by atoms with van der Waals surface area (Å²) in [6.45, 7) is 9.13. The maximum absolute atomic E-state index is 13.3. The second kappa shape index (κ2) is 7.16. The summed E-state index contributed by atoms with van der Waals surface area (Å²) in [4.78, 5) is 38.0. The zero-order valence-corrected chi connectivity index (χ0v) is 17.1. The van der Waals surface area contributed by atoms with Crippen LogP contribution in [0.1, 0.15) is 34.6 Å². The number of hydrogen-bond acceptors (Lipinski definition) is 7. The molecule has 3 aromatic heterocycles. The molecular formula is C20H25N7O2. The molecule has 1 amide bonds. The van der Waals surface area contributed by atoms with Gasteiger partial charge in [0.05, 0.1) is 11.6 Å². The number of rotatable bonds is 5. The Morgan fingerprint density at radius 3 is 2.45 bits per heavy atom. The van der Waals surface area contributed by atoms with Crippen LogP contribution in [-0.2, 0) is 10.3 Å². The Morgan fingerprint density at radius 2 is 1.86 bits per heavy atom. The number of aromatic nitrogens is 4. The van der Waals surface area contributed by atoms with Crippen LogP contribution < -0.4 is 21.9 Å². The molecule has 0 aliphatic carbocycles. The first kappa shape index (κ1) is 20.2. The number of nitrogens with zero attached hydrogens (tertiary/aromatic N) is 4. The third kappa shape index (κ3) is 4.18. The van der Waals surface area contributed by atoms with Crippen molar-refractivity contribution in [1.82, 2.24) is 19.5 Å². The molecule has 0 saturated carbocycles. The van der Waals surface area contributed by atoms with Crippen molar-refractivity contribution in [3.05, 3.63) is 47.3 Å². The third-order valence-electron chi connectivity index (χ3n) is 4.40. The van der Waals surface area contributed by atoms with E-state index in [2.05, 4.69) is 25.6 Å². The SMILES string of the molecule is CC(C)(C)Nc1nc(Nc2cnccn2)cc2ccn(C(C)(C)C(N)=O)c(=O)c12. The van der Waals surface area contributed by atoms with Gasteiger partial charge in [-0.3, -0.25) is 14.6 Å². The number of fused-ring (bicyclic) bond motifs is 1. The van der Waals surface area contributed by atoms with Gasteiger partial charge in [0.15, 0.2) is 0 Å². The van der Waals surface area contributed by atoms with Gasteiger partial charge in [-0.1, -0.05) is 0 Å². The molecule has 3 rings (SSSR count). The molecular weight excluding hydrogens is 370 g/mol. The Balaban J connectivity index is 2.23. The van der Waals surface area contributed by atoms with Crippen molar-refractivity contribution >= 4 is 34.1 Å². The van der Waals surface area contributed by atoms with Crippen LogP contribution in [0.5, 0.6) is 0 Å².